The van der Waals surface area contributed by atoms with Gasteiger partial charge in [0.1, 0.15) is 18.5 Å². The summed E-state index contributed by atoms with van der Waals surface area (Å²) < 4.78 is 42.8. The molecule has 1 atom stereocenters. The Morgan fingerprint density at radius 3 is 2.64 bits per heavy atom. The normalized spacial score (nSPS) is 17.1. The number of fused-ring (bicyclic) bond motifs is 3. The Morgan fingerprint density at radius 1 is 1.09 bits per heavy atom. The molecule has 1 aliphatic heterocycles. The Morgan fingerprint density at radius 2 is 1.85 bits per heavy atom. The fourth-order valence-corrected chi connectivity index (χ4v) is 4.60. The summed E-state index contributed by atoms with van der Waals surface area (Å²) in [6.45, 7) is 3.62. The van der Waals surface area contributed by atoms with E-state index in [-0.39, 0.29) is 13.0 Å². The van der Waals surface area contributed by atoms with Crippen LogP contribution in [0.3, 0.4) is 0 Å². The standard InChI is InChI=1S/C25H32F3N3O2/c26-25(27,28)11-4-12-31-13-9-18(10-14-31)15-29-16-19(32)17-33-23-8-3-7-22-24(23)20-5-1-2-6-21(20)30-22/h1-3,5-8,18-19,29-30,32H,4,9-17H2. The number of aliphatic hydroxyl groups excluding tert-OH is 1. The maximum absolute atomic E-state index is 12.3. The van der Waals surface area contributed by atoms with Crippen molar-refractivity contribution in [2.45, 2.75) is 38.0 Å². The number of benzene rings is 2. The molecule has 8 heteroatoms. The molecule has 1 saturated heterocycles. The molecular weight excluding hydrogens is 431 g/mol. The molecule has 3 N–H and O–H groups in total. The van der Waals surface area contributed by atoms with Gasteiger partial charge in [0.05, 0.1) is 5.52 Å². The number of para-hydroxylation sites is 1. The van der Waals surface area contributed by atoms with E-state index in [2.05, 4.69) is 21.3 Å². The molecule has 5 nitrogen and oxygen atoms in total. The Bertz CT molecular complexity index is 1030. The lowest BCUT2D eigenvalue weighted by atomic mass is 9.96. The van der Waals surface area contributed by atoms with E-state index < -0.39 is 18.7 Å². The number of hydrogen-bond acceptors (Lipinski definition) is 4. The summed E-state index contributed by atoms with van der Waals surface area (Å²) in [5.41, 5.74) is 2.06. The second-order valence-electron chi connectivity index (χ2n) is 8.98. The van der Waals surface area contributed by atoms with Crippen molar-refractivity contribution >= 4 is 21.8 Å². The van der Waals surface area contributed by atoms with Gasteiger partial charge in [0.2, 0.25) is 0 Å². The lowest BCUT2D eigenvalue weighted by Crippen LogP contribution is -2.40. The molecule has 0 saturated carbocycles. The minimum atomic E-state index is -4.06. The molecule has 3 aromatic rings. The lowest BCUT2D eigenvalue weighted by Gasteiger charge is -2.32. The molecule has 1 fully saturated rings. The number of hydrogen-bond donors (Lipinski definition) is 3. The van der Waals surface area contributed by atoms with Crippen LogP contribution in [0, 0.1) is 5.92 Å². The van der Waals surface area contributed by atoms with Gasteiger partial charge in [-0.3, -0.25) is 0 Å². The van der Waals surface area contributed by atoms with Gasteiger partial charge in [0.25, 0.3) is 0 Å². The molecule has 180 valence electrons. The number of aromatic nitrogens is 1. The first-order chi connectivity index (χ1) is 15.9. The number of ether oxygens (including phenoxy) is 1. The fourth-order valence-electron chi connectivity index (χ4n) is 4.60. The highest BCUT2D eigenvalue weighted by Crippen LogP contribution is 2.33. The number of likely N-dealkylation sites (tertiary alicyclic amines) is 1. The van der Waals surface area contributed by atoms with Crippen molar-refractivity contribution in [3.8, 4) is 5.75 Å². The van der Waals surface area contributed by atoms with Crippen molar-refractivity contribution in [3.05, 3.63) is 42.5 Å². The second kappa shape index (κ2) is 10.8. The van der Waals surface area contributed by atoms with Gasteiger partial charge in [-0.2, -0.15) is 13.2 Å². The van der Waals surface area contributed by atoms with E-state index in [1.165, 1.54) is 0 Å². The van der Waals surface area contributed by atoms with E-state index in [0.29, 0.717) is 19.0 Å². The molecule has 1 aromatic heterocycles. The van der Waals surface area contributed by atoms with Crippen LogP contribution >= 0.6 is 0 Å². The summed E-state index contributed by atoms with van der Waals surface area (Å²) in [7, 11) is 0. The third-order valence-electron chi connectivity index (χ3n) is 6.38. The topological polar surface area (TPSA) is 60.5 Å². The largest absolute Gasteiger partial charge is 0.490 e. The zero-order valence-corrected chi connectivity index (χ0v) is 18.7. The monoisotopic (exact) mass is 463 g/mol. The van der Waals surface area contributed by atoms with Gasteiger partial charge in [-0.25, -0.2) is 0 Å². The van der Waals surface area contributed by atoms with Crippen LogP contribution in [-0.4, -0.2) is 66.6 Å². The summed E-state index contributed by atoms with van der Waals surface area (Å²) >= 11 is 0. The molecule has 2 aromatic carbocycles. The zero-order valence-electron chi connectivity index (χ0n) is 18.7. The van der Waals surface area contributed by atoms with E-state index in [1.54, 1.807) is 0 Å². The second-order valence-corrected chi connectivity index (χ2v) is 8.98. The Labute approximate surface area is 191 Å². The average molecular weight is 464 g/mol. The maximum Gasteiger partial charge on any atom is 0.389 e. The molecule has 4 rings (SSSR count). The van der Waals surface area contributed by atoms with Gasteiger partial charge in [-0.1, -0.05) is 24.3 Å². The maximum atomic E-state index is 12.3. The SMILES string of the molecule is OC(CNCC1CCN(CCCC(F)(F)F)CC1)COc1cccc2[nH]c3ccccc3c12. The van der Waals surface area contributed by atoms with Crippen LogP contribution in [0.15, 0.2) is 42.5 Å². The van der Waals surface area contributed by atoms with Gasteiger partial charge >= 0.3 is 6.18 Å². The van der Waals surface area contributed by atoms with Crippen molar-refractivity contribution in [1.82, 2.24) is 15.2 Å². The molecule has 0 aliphatic carbocycles. The molecule has 1 unspecified atom stereocenters. The molecular formula is C25H32F3N3O2. The smallest absolute Gasteiger partial charge is 0.389 e. The summed E-state index contributed by atoms with van der Waals surface area (Å²) in [5, 5.41) is 15.8. The minimum Gasteiger partial charge on any atom is -0.490 e. The van der Waals surface area contributed by atoms with Crippen LogP contribution in [0.2, 0.25) is 0 Å². The highest BCUT2D eigenvalue weighted by Gasteiger charge is 2.27. The molecule has 0 amide bonds. The third-order valence-corrected chi connectivity index (χ3v) is 6.38. The lowest BCUT2D eigenvalue weighted by molar-refractivity contribution is -0.136. The quantitative estimate of drug-likeness (QED) is 0.408. The van der Waals surface area contributed by atoms with Gasteiger partial charge in [0.15, 0.2) is 0 Å². The Kier molecular flexibility index (Phi) is 7.78. The molecule has 0 radical (unpaired) electrons. The highest BCUT2D eigenvalue weighted by atomic mass is 19.4. The van der Waals surface area contributed by atoms with E-state index in [9.17, 15) is 18.3 Å². The number of nitrogens with one attached hydrogen (secondary N) is 2. The van der Waals surface area contributed by atoms with Gasteiger partial charge < -0.3 is 25.0 Å². The van der Waals surface area contributed by atoms with Crippen molar-refractivity contribution in [1.29, 1.82) is 0 Å². The number of aromatic amines is 1. The van der Waals surface area contributed by atoms with Crippen LogP contribution in [0.4, 0.5) is 13.2 Å². The van der Waals surface area contributed by atoms with Crippen LogP contribution < -0.4 is 10.1 Å². The number of alkyl halides is 3. The van der Waals surface area contributed by atoms with Crippen LogP contribution in [0.1, 0.15) is 25.7 Å². The molecule has 33 heavy (non-hydrogen) atoms. The summed E-state index contributed by atoms with van der Waals surface area (Å²) in [4.78, 5) is 5.51. The predicted octanol–water partition coefficient (Wildman–Crippen LogP) is 4.70. The van der Waals surface area contributed by atoms with E-state index >= 15 is 0 Å². The van der Waals surface area contributed by atoms with Gasteiger partial charge in [-0.15, -0.1) is 0 Å². The molecule has 1 aliphatic rings. The first kappa shape index (κ1) is 23.9. The predicted molar refractivity (Wildman–Crippen MR) is 125 cm³/mol. The van der Waals surface area contributed by atoms with Crippen LogP contribution in [0.5, 0.6) is 5.75 Å². The van der Waals surface area contributed by atoms with Crippen LogP contribution in [-0.2, 0) is 0 Å². The average Bonchev–Trinajstić information content (AvgIpc) is 3.17. The summed E-state index contributed by atoms with van der Waals surface area (Å²) in [6.07, 6.45) is -3.29. The number of nitrogens with zero attached hydrogens (tertiary/aromatic N) is 1. The minimum absolute atomic E-state index is 0.172. The number of piperidine rings is 1. The van der Waals surface area contributed by atoms with Crippen LogP contribution in [0.25, 0.3) is 21.8 Å². The van der Waals surface area contributed by atoms with Crippen molar-refractivity contribution < 1.29 is 23.0 Å². The van der Waals surface area contributed by atoms with Crippen molar-refractivity contribution in [3.63, 3.8) is 0 Å². The number of rotatable bonds is 10. The Hall–Kier alpha value is -2.29. The molecule has 0 spiro atoms. The third kappa shape index (κ3) is 6.62. The fraction of sp³-hybridized carbons (Fsp3) is 0.520. The summed E-state index contributed by atoms with van der Waals surface area (Å²) in [6, 6.07) is 14.0. The van der Waals surface area contributed by atoms with E-state index in [1.807, 2.05) is 36.4 Å². The first-order valence-corrected chi connectivity index (χ1v) is 11.7. The molecule has 2 heterocycles. The molecule has 0 bridgehead atoms. The van der Waals surface area contributed by atoms with E-state index in [4.69, 9.17) is 4.74 Å². The number of halogens is 3. The van der Waals surface area contributed by atoms with Gasteiger partial charge in [-0.05, 0) is 69.6 Å². The first-order valence-electron chi connectivity index (χ1n) is 11.7. The van der Waals surface area contributed by atoms with Crippen molar-refractivity contribution in [2.75, 3.05) is 39.3 Å². The zero-order chi connectivity index (χ0) is 23.3. The Balaban J connectivity index is 1.17. The van der Waals surface area contributed by atoms with Crippen molar-refractivity contribution in [2.24, 2.45) is 5.92 Å². The number of H-pyrrole nitrogens is 1. The summed E-state index contributed by atoms with van der Waals surface area (Å²) in [5.74, 6) is 1.24. The van der Waals surface area contributed by atoms with E-state index in [0.717, 1.165) is 60.0 Å². The van der Waals surface area contributed by atoms with Gasteiger partial charge in [0, 0.05) is 29.3 Å². The number of aliphatic hydroxyl groups is 1. The highest BCUT2D eigenvalue weighted by molar-refractivity contribution is 6.10.